The molecule has 1 heterocycles. The predicted octanol–water partition coefficient (Wildman–Crippen LogP) is 5.19. The average molecular weight is 315 g/mol. The van der Waals surface area contributed by atoms with Crippen molar-refractivity contribution < 1.29 is 0 Å². The van der Waals surface area contributed by atoms with E-state index in [4.69, 9.17) is 4.99 Å². The van der Waals surface area contributed by atoms with Gasteiger partial charge in [-0.3, -0.25) is 0 Å². The number of benzene rings is 3. The van der Waals surface area contributed by atoms with Gasteiger partial charge < -0.3 is 10.2 Å². The molecule has 120 valence electrons. The third-order valence-corrected chi connectivity index (χ3v) is 4.64. The maximum atomic E-state index is 4.84. The van der Waals surface area contributed by atoms with E-state index in [1.54, 1.807) is 0 Å². The summed E-state index contributed by atoms with van der Waals surface area (Å²) in [4.78, 5) is 7.18. The van der Waals surface area contributed by atoms with Crippen LogP contribution in [-0.2, 0) is 0 Å². The van der Waals surface area contributed by atoms with Gasteiger partial charge in [0.2, 0.25) is 0 Å². The average Bonchev–Trinajstić information content (AvgIpc) is 2.64. The van der Waals surface area contributed by atoms with Crippen LogP contribution in [0.15, 0.2) is 65.7 Å². The summed E-state index contributed by atoms with van der Waals surface area (Å²) in [6.07, 6.45) is 0. The van der Waals surface area contributed by atoms with Crippen molar-refractivity contribution >= 4 is 33.7 Å². The Kier molecular flexibility index (Phi) is 3.69. The molecule has 0 fully saturated rings. The minimum Gasteiger partial charge on any atom is -0.372 e. The van der Waals surface area contributed by atoms with Gasteiger partial charge in [0.15, 0.2) is 0 Å². The Hall–Kier alpha value is -2.81. The molecule has 1 N–H and O–H groups in total. The first kappa shape index (κ1) is 14.8. The van der Waals surface area contributed by atoms with Crippen LogP contribution in [0.4, 0.5) is 17.1 Å². The van der Waals surface area contributed by atoms with Crippen molar-refractivity contribution in [3.8, 4) is 0 Å². The minimum absolute atomic E-state index is 0.910. The van der Waals surface area contributed by atoms with Gasteiger partial charge in [0.1, 0.15) is 5.84 Å². The first-order valence-corrected chi connectivity index (χ1v) is 8.53. The second-order valence-electron chi connectivity index (χ2n) is 5.99. The van der Waals surface area contributed by atoms with Crippen LogP contribution in [0.5, 0.6) is 0 Å². The summed E-state index contributed by atoms with van der Waals surface area (Å²) < 4.78 is 0. The lowest BCUT2D eigenvalue weighted by molar-refractivity contribution is 0.866. The molecular weight excluding hydrogens is 294 g/mol. The van der Waals surface area contributed by atoms with Gasteiger partial charge in [0.05, 0.1) is 5.69 Å². The highest BCUT2D eigenvalue weighted by molar-refractivity contribution is 6.19. The fraction of sp³-hybridized carbons (Fsp3) is 0.190. The summed E-state index contributed by atoms with van der Waals surface area (Å²) >= 11 is 0. The zero-order chi connectivity index (χ0) is 16.5. The highest BCUT2D eigenvalue weighted by Crippen LogP contribution is 2.36. The normalized spacial score (nSPS) is 12.7. The number of rotatable bonds is 4. The molecule has 0 unspecified atom stereocenters. The monoisotopic (exact) mass is 315 g/mol. The van der Waals surface area contributed by atoms with Crippen molar-refractivity contribution in [2.24, 2.45) is 4.99 Å². The molecule has 0 bridgehead atoms. The molecule has 0 radical (unpaired) electrons. The summed E-state index contributed by atoms with van der Waals surface area (Å²) in [5, 5.41) is 5.91. The van der Waals surface area contributed by atoms with Gasteiger partial charge in [-0.25, -0.2) is 4.99 Å². The molecule has 3 nitrogen and oxygen atoms in total. The van der Waals surface area contributed by atoms with Crippen LogP contribution < -0.4 is 10.2 Å². The third kappa shape index (κ3) is 2.42. The van der Waals surface area contributed by atoms with Crippen LogP contribution in [0, 0.1) is 0 Å². The number of nitrogens with one attached hydrogen (secondary N) is 1. The Bertz CT molecular complexity index is 901. The van der Waals surface area contributed by atoms with Crippen LogP contribution in [0.25, 0.3) is 10.8 Å². The summed E-state index contributed by atoms with van der Waals surface area (Å²) in [7, 11) is 0. The maximum absolute atomic E-state index is 4.84. The van der Waals surface area contributed by atoms with E-state index >= 15 is 0 Å². The summed E-state index contributed by atoms with van der Waals surface area (Å²) in [5.41, 5.74) is 4.52. The fourth-order valence-electron chi connectivity index (χ4n) is 3.35. The van der Waals surface area contributed by atoms with Gasteiger partial charge in [-0.2, -0.15) is 0 Å². The van der Waals surface area contributed by atoms with Gasteiger partial charge in [-0.15, -0.1) is 0 Å². The number of hydrogen-bond acceptors (Lipinski definition) is 3. The standard InChI is InChI=1S/C21H21N3/c1-3-24(4-2)17-13-11-16(12-14-17)21-22-18-9-5-7-15-8-6-10-19(23-21)20(15)18/h5-14H,3-4H2,1-2H3,(H,22,23). The molecule has 3 aromatic rings. The predicted molar refractivity (Wildman–Crippen MR) is 104 cm³/mol. The lowest BCUT2D eigenvalue weighted by Gasteiger charge is -2.22. The van der Waals surface area contributed by atoms with E-state index < -0.39 is 0 Å². The number of amidine groups is 1. The van der Waals surface area contributed by atoms with E-state index in [0.717, 1.165) is 35.9 Å². The molecule has 0 atom stereocenters. The molecule has 24 heavy (non-hydrogen) atoms. The van der Waals surface area contributed by atoms with E-state index in [1.165, 1.54) is 16.5 Å². The van der Waals surface area contributed by atoms with Gasteiger partial charge in [-0.05, 0) is 55.6 Å². The number of anilines is 2. The van der Waals surface area contributed by atoms with E-state index in [2.05, 4.69) is 84.7 Å². The lowest BCUT2D eigenvalue weighted by Crippen LogP contribution is -2.22. The summed E-state index contributed by atoms with van der Waals surface area (Å²) in [6, 6.07) is 21.2. The van der Waals surface area contributed by atoms with Crippen molar-refractivity contribution in [2.75, 3.05) is 23.3 Å². The number of aliphatic imine (C=N–C) groups is 1. The molecule has 0 aliphatic carbocycles. The van der Waals surface area contributed by atoms with E-state index in [9.17, 15) is 0 Å². The van der Waals surface area contributed by atoms with Crippen molar-refractivity contribution in [1.29, 1.82) is 0 Å². The maximum Gasteiger partial charge on any atom is 0.138 e. The van der Waals surface area contributed by atoms with Crippen LogP contribution in [0.3, 0.4) is 0 Å². The van der Waals surface area contributed by atoms with Gasteiger partial charge in [-0.1, -0.05) is 24.3 Å². The van der Waals surface area contributed by atoms with Crippen molar-refractivity contribution in [1.82, 2.24) is 0 Å². The second kappa shape index (κ2) is 6.00. The van der Waals surface area contributed by atoms with Crippen LogP contribution in [0.1, 0.15) is 19.4 Å². The van der Waals surface area contributed by atoms with E-state index in [1.807, 2.05) is 0 Å². The van der Waals surface area contributed by atoms with Gasteiger partial charge in [0, 0.05) is 35.4 Å². The molecule has 1 aliphatic heterocycles. The fourth-order valence-corrected chi connectivity index (χ4v) is 3.35. The summed E-state index contributed by atoms with van der Waals surface area (Å²) in [6.45, 7) is 6.40. The first-order chi connectivity index (χ1) is 11.8. The molecule has 0 spiro atoms. The third-order valence-electron chi connectivity index (χ3n) is 4.64. The van der Waals surface area contributed by atoms with Crippen molar-refractivity contribution in [3.05, 3.63) is 66.2 Å². The minimum atomic E-state index is 0.910. The van der Waals surface area contributed by atoms with Gasteiger partial charge in [0.25, 0.3) is 0 Å². The highest BCUT2D eigenvalue weighted by atomic mass is 15.1. The zero-order valence-corrected chi connectivity index (χ0v) is 14.1. The van der Waals surface area contributed by atoms with Crippen molar-refractivity contribution in [2.45, 2.75) is 13.8 Å². The lowest BCUT2D eigenvalue weighted by atomic mass is 10.0. The Morgan fingerprint density at radius 2 is 1.58 bits per heavy atom. The Labute approximate surface area is 142 Å². The Morgan fingerprint density at radius 1 is 0.875 bits per heavy atom. The van der Waals surface area contributed by atoms with Crippen LogP contribution >= 0.6 is 0 Å². The van der Waals surface area contributed by atoms with Crippen LogP contribution in [-0.4, -0.2) is 18.9 Å². The molecule has 0 saturated carbocycles. The summed E-state index contributed by atoms with van der Waals surface area (Å²) in [5.74, 6) is 0.910. The SMILES string of the molecule is CCN(CC)c1ccc(C2=Nc3cccc4cccc(c34)N2)cc1. The smallest absolute Gasteiger partial charge is 0.138 e. The largest absolute Gasteiger partial charge is 0.372 e. The second-order valence-corrected chi connectivity index (χ2v) is 5.99. The quantitative estimate of drug-likeness (QED) is 0.717. The molecule has 0 saturated heterocycles. The van der Waals surface area contributed by atoms with Crippen molar-refractivity contribution in [3.63, 3.8) is 0 Å². The molecule has 3 aromatic carbocycles. The highest BCUT2D eigenvalue weighted by Gasteiger charge is 2.15. The number of hydrogen-bond donors (Lipinski definition) is 1. The van der Waals surface area contributed by atoms with Crippen LogP contribution in [0.2, 0.25) is 0 Å². The first-order valence-electron chi connectivity index (χ1n) is 8.53. The Morgan fingerprint density at radius 3 is 2.29 bits per heavy atom. The molecule has 1 aliphatic rings. The Balaban J connectivity index is 1.73. The van der Waals surface area contributed by atoms with Gasteiger partial charge >= 0.3 is 0 Å². The molecule has 0 amide bonds. The molecular formula is C21H21N3. The van der Waals surface area contributed by atoms with E-state index in [0.29, 0.717) is 0 Å². The zero-order valence-electron chi connectivity index (χ0n) is 14.1. The van der Waals surface area contributed by atoms with E-state index in [-0.39, 0.29) is 0 Å². The topological polar surface area (TPSA) is 27.6 Å². The molecule has 0 aromatic heterocycles. The number of nitrogens with zero attached hydrogens (tertiary/aromatic N) is 2. The molecule has 4 rings (SSSR count). The molecule has 3 heteroatoms.